The molecule has 25 heavy (non-hydrogen) atoms. The summed E-state index contributed by atoms with van der Waals surface area (Å²) in [5.74, 6) is 2.77. The summed E-state index contributed by atoms with van der Waals surface area (Å²) in [6.45, 7) is 7.84. The van der Waals surface area contributed by atoms with Crippen LogP contribution in [0.3, 0.4) is 0 Å². The van der Waals surface area contributed by atoms with Crippen LogP contribution in [0.1, 0.15) is 26.7 Å². The first-order chi connectivity index (χ1) is 12.0. The molecule has 0 aromatic carbocycles. The van der Waals surface area contributed by atoms with Crippen molar-refractivity contribution in [1.82, 2.24) is 5.32 Å². The zero-order valence-electron chi connectivity index (χ0n) is 15.0. The summed E-state index contributed by atoms with van der Waals surface area (Å²) in [5, 5.41) is 3.70. The van der Waals surface area contributed by atoms with Crippen molar-refractivity contribution >= 4 is 35.0 Å². The Morgan fingerprint density at radius 2 is 2.24 bits per heavy atom. The second-order valence-electron chi connectivity index (χ2n) is 5.38. The summed E-state index contributed by atoms with van der Waals surface area (Å²) in [6, 6.07) is 0. The Morgan fingerprint density at radius 1 is 1.48 bits per heavy atom. The number of amidine groups is 2. The molecular formula is C19H25ClFN3S. The van der Waals surface area contributed by atoms with Gasteiger partial charge in [0.1, 0.15) is 17.5 Å². The van der Waals surface area contributed by atoms with Crippen LogP contribution in [0, 0.1) is 0 Å². The standard InChI is InChI=1S/C19H25ClFN3S/c1-5-6-11-25-13-14(2)23-15(3)24-19(22-4)12-16-7-8-17(20)9-10-18(16)21/h5-9H,2,10-13H2,1,3-4H3,(H,22,23,24)/b6-5-. The second-order valence-corrected chi connectivity index (χ2v) is 6.85. The molecule has 1 rings (SSSR count). The molecule has 0 fully saturated rings. The molecule has 1 aliphatic carbocycles. The largest absolute Gasteiger partial charge is 0.347 e. The third kappa shape index (κ3) is 8.89. The zero-order valence-corrected chi connectivity index (χ0v) is 16.6. The van der Waals surface area contributed by atoms with Gasteiger partial charge in [-0.05, 0) is 25.5 Å². The smallest absolute Gasteiger partial charge is 0.129 e. The van der Waals surface area contributed by atoms with Crippen molar-refractivity contribution in [3.8, 4) is 0 Å². The SMILES string of the molecule is C=C(CSC/C=C\C)N/C(C)=N/C(CC1=C(F)CC=C(Cl)C=C1)=N\C. The van der Waals surface area contributed by atoms with E-state index in [4.69, 9.17) is 11.6 Å². The quantitative estimate of drug-likeness (QED) is 0.272. The van der Waals surface area contributed by atoms with Gasteiger partial charge in [-0.15, -0.1) is 0 Å². The van der Waals surface area contributed by atoms with Crippen LogP contribution in [0.25, 0.3) is 0 Å². The molecule has 0 radical (unpaired) electrons. The summed E-state index contributed by atoms with van der Waals surface area (Å²) in [5.41, 5.74) is 1.42. The van der Waals surface area contributed by atoms with Gasteiger partial charge in [0, 0.05) is 42.1 Å². The predicted octanol–water partition coefficient (Wildman–Crippen LogP) is 5.54. The Hall–Kier alpha value is -1.59. The second kappa shape index (κ2) is 11.9. The van der Waals surface area contributed by atoms with Gasteiger partial charge in [0.05, 0.1) is 0 Å². The van der Waals surface area contributed by atoms with Crippen molar-refractivity contribution in [2.45, 2.75) is 26.7 Å². The van der Waals surface area contributed by atoms with Gasteiger partial charge in [0.2, 0.25) is 0 Å². The lowest BCUT2D eigenvalue weighted by atomic mass is 10.1. The number of aliphatic imine (C=N–C) groups is 2. The highest BCUT2D eigenvalue weighted by atomic mass is 35.5. The topological polar surface area (TPSA) is 36.8 Å². The van der Waals surface area contributed by atoms with E-state index in [-0.39, 0.29) is 12.2 Å². The molecule has 0 atom stereocenters. The van der Waals surface area contributed by atoms with Crippen LogP contribution in [-0.4, -0.2) is 30.2 Å². The molecule has 3 nitrogen and oxygen atoms in total. The summed E-state index contributed by atoms with van der Waals surface area (Å²) in [4.78, 5) is 8.60. The fourth-order valence-electron chi connectivity index (χ4n) is 2.01. The van der Waals surface area contributed by atoms with Crippen molar-refractivity contribution in [2.75, 3.05) is 18.6 Å². The maximum atomic E-state index is 14.1. The molecule has 0 bridgehead atoms. The summed E-state index contributed by atoms with van der Waals surface area (Å²) < 4.78 is 14.1. The number of nitrogens with zero attached hydrogens (tertiary/aromatic N) is 2. The van der Waals surface area contributed by atoms with E-state index in [1.165, 1.54) is 0 Å². The van der Waals surface area contributed by atoms with Crippen molar-refractivity contribution in [3.05, 3.63) is 59.1 Å². The van der Waals surface area contributed by atoms with E-state index < -0.39 is 0 Å². The van der Waals surface area contributed by atoms with Gasteiger partial charge in [-0.2, -0.15) is 11.8 Å². The molecule has 0 unspecified atom stereocenters. The van der Waals surface area contributed by atoms with Crippen LogP contribution >= 0.6 is 23.4 Å². The van der Waals surface area contributed by atoms with E-state index in [1.807, 2.05) is 19.9 Å². The minimum atomic E-state index is -0.210. The molecule has 0 aromatic heterocycles. The van der Waals surface area contributed by atoms with E-state index in [2.05, 4.69) is 28.0 Å². The normalized spacial score (nSPS) is 16.3. The molecule has 0 heterocycles. The summed E-state index contributed by atoms with van der Waals surface area (Å²) in [6.07, 6.45) is 9.66. The minimum absolute atomic E-state index is 0.194. The van der Waals surface area contributed by atoms with Gasteiger partial charge in [-0.3, -0.25) is 4.99 Å². The number of hydrogen-bond donors (Lipinski definition) is 1. The molecule has 136 valence electrons. The Labute approximate surface area is 159 Å². The van der Waals surface area contributed by atoms with E-state index in [1.54, 1.807) is 37.0 Å². The Bertz CT molecular complexity index is 658. The van der Waals surface area contributed by atoms with Crippen molar-refractivity contribution < 1.29 is 4.39 Å². The maximum absolute atomic E-state index is 14.1. The van der Waals surface area contributed by atoms with E-state index >= 15 is 0 Å². The van der Waals surface area contributed by atoms with Gasteiger partial charge < -0.3 is 5.32 Å². The fraction of sp³-hybridized carbons (Fsp3) is 0.368. The first-order valence-electron chi connectivity index (χ1n) is 8.02. The maximum Gasteiger partial charge on any atom is 0.129 e. The molecule has 6 heteroatoms. The van der Waals surface area contributed by atoms with Crippen molar-refractivity contribution in [3.63, 3.8) is 0 Å². The molecule has 0 spiro atoms. The average Bonchev–Trinajstić information content (AvgIpc) is 2.73. The van der Waals surface area contributed by atoms with Crippen LogP contribution in [0.15, 0.2) is 69.1 Å². The van der Waals surface area contributed by atoms with Crippen molar-refractivity contribution in [1.29, 1.82) is 0 Å². The number of thioether (sulfide) groups is 1. The molecular weight excluding hydrogens is 357 g/mol. The average molecular weight is 382 g/mol. The lowest BCUT2D eigenvalue weighted by molar-refractivity contribution is 0.607. The Morgan fingerprint density at radius 3 is 2.92 bits per heavy atom. The fourth-order valence-corrected chi connectivity index (χ4v) is 2.92. The van der Waals surface area contributed by atoms with Crippen LogP contribution in [0.4, 0.5) is 4.39 Å². The molecule has 1 aliphatic rings. The van der Waals surface area contributed by atoms with Gasteiger partial charge in [0.25, 0.3) is 0 Å². The van der Waals surface area contributed by atoms with E-state index in [0.29, 0.717) is 28.7 Å². The van der Waals surface area contributed by atoms with Gasteiger partial charge in [0.15, 0.2) is 0 Å². The molecule has 0 saturated heterocycles. The lowest BCUT2D eigenvalue weighted by Crippen LogP contribution is -2.22. The molecule has 1 N–H and O–H groups in total. The number of rotatable bonds is 7. The monoisotopic (exact) mass is 381 g/mol. The van der Waals surface area contributed by atoms with Crippen LogP contribution in [0.5, 0.6) is 0 Å². The van der Waals surface area contributed by atoms with Crippen LogP contribution in [-0.2, 0) is 0 Å². The van der Waals surface area contributed by atoms with Crippen LogP contribution < -0.4 is 5.32 Å². The zero-order chi connectivity index (χ0) is 18.7. The van der Waals surface area contributed by atoms with E-state index in [9.17, 15) is 4.39 Å². The number of allylic oxidation sites excluding steroid dienone is 6. The highest BCUT2D eigenvalue weighted by molar-refractivity contribution is 7.99. The van der Waals surface area contributed by atoms with Crippen LogP contribution in [0.2, 0.25) is 0 Å². The lowest BCUT2D eigenvalue weighted by Gasteiger charge is -2.10. The Balaban J connectivity index is 2.63. The Kier molecular flexibility index (Phi) is 10.2. The number of nitrogens with one attached hydrogen (secondary N) is 1. The first kappa shape index (κ1) is 21.5. The van der Waals surface area contributed by atoms with Gasteiger partial charge in [-0.25, -0.2) is 9.38 Å². The summed E-state index contributed by atoms with van der Waals surface area (Å²) >= 11 is 7.69. The third-order valence-corrected chi connectivity index (χ3v) is 4.52. The minimum Gasteiger partial charge on any atom is -0.347 e. The molecule has 0 saturated carbocycles. The van der Waals surface area contributed by atoms with Gasteiger partial charge >= 0.3 is 0 Å². The summed E-state index contributed by atoms with van der Waals surface area (Å²) in [7, 11) is 1.65. The number of hydrogen-bond acceptors (Lipinski definition) is 2. The molecule has 0 amide bonds. The molecule has 0 aromatic rings. The predicted molar refractivity (Wildman–Crippen MR) is 111 cm³/mol. The van der Waals surface area contributed by atoms with E-state index in [0.717, 1.165) is 17.2 Å². The highest BCUT2D eigenvalue weighted by Crippen LogP contribution is 2.23. The molecule has 0 aliphatic heterocycles. The third-order valence-electron chi connectivity index (χ3n) is 3.26. The van der Waals surface area contributed by atoms with Crippen molar-refractivity contribution in [2.24, 2.45) is 9.98 Å². The van der Waals surface area contributed by atoms with Gasteiger partial charge in [-0.1, -0.05) is 42.5 Å². The number of halogens is 2. The first-order valence-corrected chi connectivity index (χ1v) is 9.55. The highest BCUT2D eigenvalue weighted by Gasteiger charge is 2.10.